The summed E-state index contributed by atoms with van der Waals surface area (Å²) >= 11 is 1.44. The molecule has 2 N–H and O–H groups in total. The van der Waals surface area contributed by atoms with E-state index in [1.165, 1.54) is 11.3 Å². The lowest BCUT2D eigenvalue weighted by Gasteiger charge is -1.99. The number of thiophene rings is 1. The molecule has 0 fully saturated rings. The van der Waals surface area contributed by atoms with Crippen LogP contribution < -0.4 is 10.5 Å². The Kier molecular flexibility index (Phi) is 2.92. The maximum absolute atomic E-state index is 5.84. The molecule has 2 aromatic heterocycles. The first kappa shape index (κ1) is 11.7. The number of hydrogen-bond donors (Lipinski definition) is 1. The van der Waals surface area contributed by atoms with Crippen LogP contribution in [0.2, 0.25) is 0 Å². The quantitative estimate of drug-likeness (QED) is 0.793. The zero-order valence-electron chi connectivity index (χ0n) is 10.2. The standard InChI is InChI=1S/C13H11N3O2S/c1-17-9-4-2-3-8(7-9)12-15-13(18-16-12)10-5-6-19-11(10)14/h2-7H,14H2,1H3. The Morgan fingerprint density at radius 2 is 2.21 bits per heavy atom. The highest BCUT2D eigenvalue weighted by Crippen LogP contribution is 2.31. The Morgan fingerprint density at radius 1 is 1.32 bits per heavy atom. The molecule has 0 aliphatic heterocycles. The minimum Gasteiger partial charge on any atom is -0.497 e. The normalized spacial score (nSPS) is 10.6. The third kappa shape index (κ3) is 2.17. The van der Waals surface area contributed by atoms with Crippen LogP contribution >= 0.6 is 11.3 Å². The molecular formula is C13H11N3O2S. The maximum atomic E-state index is 5.84. The van der Waals surface area contributed by atoms with Gasteiger partial charge in [0.15, 0.2) is 0 Å². The number of hydrogen-bond acceptors (Lipinski definition) is 6. The van der Waals surface area contributed by atoms with E-state index in [4.69, 9.17) is 15.0 Å². The van der Waals surface area contributed by atoms with Gasteiger partial charge >= 0.3 is 0 Å². The van der Waals surface area contributed by atoms with E-state index in [0.29, 0.717) is 16.7 Å². The van der Waals surface area contributed by atoms with Crippen LogP contribution in [0, 0.1) is 0 Å². The lowest BCUT2D eigenvalue weighted by atomic mass is 10.2. The second-order valence-electron chi connectivity index (χ2n) is 3.85. The number of nitrogens with zero attached hydrogens (tertiary/aromatic N) is 2. The summed E-state index contributed by atoms with van der Waals surface area (Å²) in [6.45, 7) is 0. The van der Waals surface area contributed by atoms with E-state index in [1.54, 1.807) is 7.11 Å². The number of benzene rings is 1. The van der Waals surface area contributed by atoms with E-state index in [0.717, 1.165) is 16.9 Å². The molecule has 3 rings (SSSR count). The van der Waals surface area contributed by atoms with Gasteiger partial charge in [-0.05, 0) is 23.6 Å². The molecule has 0 amide bonds. The summed E-state index contributed by atoms with van der Waals surface area (Å²) in [5.74, 6) is 1.69. The van der Waals surface area contributed by atoms with Crippen molar-refractivity contribution in [3.63, 3.8) is 0 Å². The van der Waals surface area contributed by atoms with Gasteiger partial charge in [0.25, 0.3) is 5.89 Å². The first-order chi connectivity index (χ1) is 9.28. The lowest BCUT2D eigenvalue weighted by molar-refractivity contribution is 0.414. The molecule has 0 saturated heterocycles. The van der Waals surface area contributed by atoms with Crippen molar-refractivity contribution < 1.29 is 9.26 Å². The van der Waals surface area contributed by atoms with Crippen LogP contribution in [0.15, 0.2) is 40.2 Å². The summed E-state index contributed by atoms with van der Waals surface area (Å²) in [6.07, 6.45) is 0. The Labute approximate surface area is 113 Å². The topological polar surface area (TPSA) is 74.2 Å². The molecule has 0 unspecified atom stereocenters. The molecule has 6 heteroatoms. The van der Waals surface area contributed by atoms with Crippen molar-refractivity contribution in [2.75, 3.05) is 12.8 Å². The third-order valence-corrected chi connectivity index (χ3v) is 3.43. The highest BCUT2D eigenvalue weighted by Gasteiger charge is 2.14. The molecule has 0 bridgehead atoms. The average Bonchev–Trinajstić information content (AvgIpc) is 3.07. The number of aromatic nitrogens is 2. The molecule has 2 heterocycles. The fraction of sp³-hybridized carbons (Fsp3) is 0.0769. The van der Waals surface area contributed by atoms with Crippen molar-refractivity contribution in [2.24, 2.45) is 0 Å². The van der Waals surface area contributed by atoms with E-state index >= 15 is 0 Å². The van der Waals surface area contributed by atoms with E-state index in [1.807, 2.05) is 35.7 Å². The summed E-state index contributed by atoms with van der Waals surface area (Å²) < 4.78 is 10.4. The first-order valence-electron chi connectivity index (χ1n) is 5.59. The molecule has 1 aromatic carbocycles. The maximum Gasteiger partial charge on any atom is 0.261 e. The van der Waals surface area contributed by atoms with Crippen LogP contribution in [0.1, 0.15) is 0 Å². The first-order valence-corrected chi connectivity index (χ1v) is 6.47. The molecule has 0 radical (unpaired) electrons. The Hall–Kier alpha value is -2.34. The van der Waals surface area contributed by atoms with Crippen molar-refractivity contribution in [3.05, 3.63) is 35.7 Å². The number of anilines is 1. The highest BCUT2D eigenvalue weighted by molar-refractivity contribution is 7.14. The van der Waals surface area contributed by atoms with Crippen molar-refractivity contribution in [1.82, 2.24) is 10.1 Å². The van der Waals surface area contributed by atoms with Gasteiger partial charge in [-0.2, -0.15) is 4.98 Å². The van der Waals surface area contributed by atoms with Gasteiger partial charge < -0.3 is 15.0 Å². The smallest absolute Gasteiger partial charge is 0.261 e. The minimum absolute atomic E-state index is 0.427. The third-order valence-electron chi connectivity index (χ3n) is 2.68. The fourth-order valence-electron chi connectivity index (χ4n) is 1.71. The number of nitrogen functional groups attached to an aromatic ring is 1. The molecule has 96 valence electrons. The number of ether oxygens (including phenoxy) is 1. The molecule has 0 spiro atoms. The van der Waals surface area contributed by atoms with Crippen LogP contribution in [0.3, 0.4) is 0 Å². The zero-order chi connectivity index (χ0) is 13.2. The minimum atomic E-state index is 0.427. The largest absolute Gasteiger partial charge is 0.497 e. The predicted octanol–water partition coefficient (Wildman–Crippen LogP) is 3.06. The van der Waals surface area contributed by atoms with Crippen LogP contribution in [-0.4, -0.2) is 17.3 Å². The summed E-state index contributed by atoms with van der Waals surface area (Å²) in [5.41, 5.74) is 7.44. The van der Waals surface area contributed by atoms with Gasteiger partial charge in [0.05, 0.1) is 17.7 Å². The van der Waals surface area contributed by atoms with Gasteiger partial charge in [0.2, 0.25) is 5.82 Å². The van der Waals surface area contributed by atoms with Crippen molar-refractivity contribution in [1.29, 1.82) is 0 Å². The van der Waals surface area contributed by atoms with Crippen LogP contribution in [-0.2, 0) is 0 Å². The van der Waals surface area contributed by atoms with Crippen LogP contribution in [0.25, 0.3) is 22.8 Å². The van der Waals surface area contributed by atoms with Gasteiger partial charge in [-0.15, -0.1) is 11.3 Å². The molecule has 0 saturated carbocycles. The number of methoxy groups -OCH3 is 1. The van der Waals surface area contributed by atoms with Crippen LogP contribution in [0.4, 0.5) is 5.00 Å². The van der Waals surface area contributed by atoms with E-state index in [-0.39, 0.29) is 0 Å². The lowest BCUT2D eigenvalue weighted by Crippen LogP contribution is -1.86. The summed E-state index contributed by atoms with van der Waals surface area (Å²) in [4.78, 5) is 4.35. The highest BCUT2D eigenvalue weighted by atomic mass is 32.1. The van der Waals surface area contributed by atoms with Gasteiger partial charge in [0, 0.05) is 5.56 Å². The second kappa shape index (κ2) is 4.74. The molecule has 3 aromatic rings. The summed E-state index contributed by atoms with van der Waals surface area (Å²) in [5, 5.41) is 6.52. The summed E-state index contributed by atoms with van der Waals surface area (Å²) in [6, 6.07) is 9.35. The molecule has 0 atom stereocenters. The Bertz CT molecular complexity index is 705. The average molecular weight is 273 g/mol. The van der Waals surface area contributed by atoms with Gasteiger partial charge in [0.1, 0.15) is 5.75 Å². The SMILES string of the molecule is COc1cccc(-c2noc(-c3ccsc3N)n2)c1. The second-order valence-corrected chi connectivity index (χ2v) is 4.80. The van der Waals surface area contributed by atoms with Gasteiger partial charge in [-0.25, -0.2) is 0 Å². The Balaban J connectivity index is 1.99. The zero-order valence-corrected chi connectivity index (χ0v) is 11.0. The van der Waals surface area contributed by atoms with Crippen molar-refractivity contribution >= 4 is 16.3 Å². The van der Waals surface area contributed by atoms with Crippen molar-refractivity contribution in [3.8, 4) is 28.6 Å². The summed E-state index contributed by atoms with van der Waals surface area (Å²) in [7, 11) is 1.62. The monoisotopic (exact) mass is 273 g/mol. The molecule has 0 aliphatic carbocycles. The van der Waals surface area contributed by atoms with Crippen LogP contribution in [0.5, 0.6) is 5.75 Å². The molecular weight excluding hydrogens is 262 g/mol. The van der Waals surface area contributed by atoms with Gasteiger partial charge in [-0.1, -0.05) is 17.3 Å². The Morgan fingerprint density at radius 3 is 2.95 bits per heavy atom. The van der Waals surface area contributed by atoms with E-state index in [2.05, 4.69) is 10.1 Å². The molecule has 0 aliphatic rings. The van der Waals surface area contributed by atoms with E-state index < -0.39 is 0 Å². The predicted molar refractivity (Wildman–Crippen MR) is 74.0 cm³/mol. The molecule has 5 nitrogen and oxygen atoms in total. The van der Waals surface area contributed by atoms with E-state index in [9.17, 15) is 0 Å². The van der Waals surface area contributed by atoms with Gasteiger partial charge in [-0.3, -0.25) is 0 Å². The number of rotatable bonds is 3. The number of nitrogens with two attached hydrogens (primary N) is 1. The fourth-order valence-corrected chi connectivity index (χ4v) is 2.34. The molecule has 19 heavy (non-hydrogen) atoms. The van der Waals surface area contributed by atoms with Crippen molar-refractivity contribution in [2.45, 2.75) is 0 Å².